The maximum Gasteiger partial charge on any atom is 0.228 e. The van der Waals surface area contributed by atoms with E-state index in [4.69, 9.17) is 4.74 Å². The summed E-state index contributed by atoms with van der Waals surface area (Å²) in [5.41, 5.74) is 4.12. The first-order valence-electron chi connectivity index (χ1n) is 5.86. The topological polar surface area (TPSA) is 21.6 Å². The number of fused-ring (bicyclic) bond motifs is 1. The summed E-state index contributed by atoms with van der Waals surface area (Å²) in [6, 6.07) is 15.9. The Morgan fingerprint density at radius 2 is 1.78 bits per heavy atom. The van der Waals surface area contributed by atoms with Gasteiger partial charge >= 0.3 is 0 Å². The predicted octanol–water partition coefficient (Wildman–Crippen LogP) is 4.07. The summed E-state index contributed by atoms with van der Waals surface area (Å²) in [5, 5.41) is 0. The van der Waals surface area contributed by atoms with E-state index >= 15 is 0 Å². The molecule has 3 rings (SSSR count). The molecular weight excluding hydrogens is 222 g/mol. The molecule has 0 bridgehead atoms. The van der Waals surface area contributed by atoms with Gasteiger partial charge in [-0.1, -0.05) is 43.0 Å². The number of para-hydroxylation sites is 1. The van der Waals surface area contributed by atoms with Crippen molar-refractivity contribution in [3.63, 3.8) is 0 Å². The van der Waals surface area contributed by atoms with E-state index < -0.39 is 0 Å². The third-order valence-corrected chi connectivity index (χ3v) is 2.99. The lowest BCUT2D eigenvalue weighted by molar-refractivity contribution is 0.527. The summed E-state index contributed by atoms with van der Waals surface area (Å²) in [6.45, 7) is 5.98. The molecule has 0 atom stereocenters. The van der Waals surface area contributed by atoms with Crippen molar-refractivity contribution in [2.24, 2.45) is 4.99 Å². The lowest BCUT2D eigenvalue weighted by Gasteiger charge is -2.01. The number of ether oxygens (including phenoxy) is 1. The van der Waals surface area contributed by atoms with Gasteiger partial charge in [-0.2, -0.15) is 0 Å². The molecule has 0 unspecified atom stereocenters. The van der Waals surface area contributed by atoms with E-state index in [0.717, 1.165) is 22.4 Å². The first-order valence-corrected chi connectivity index (χ1v) is 5.86. The van der Waals surface area contributed by atoms with E-state index in [2.05, 4.69) is 24.6 Å². The van der Waals surface area contributed by atoms with Gasteiger partial charge < -0.3 is 4.74 Å². The van der Waals surface area contributed by atoms with Crippen LogP contribution in [0.4, 0.5) is 5.69 Å². The van der Waals surface area contributed by atoms with Crippen LogP contribution in [0.2, 0.25) is 0 Å². The third kappa shape index (κ3) is 1.72. The lowest BCUT2D eigenvalue weighted by atomic mass is 10.0. The lowest BCUT2D eigenvalue weighted by Crippen LogP contribution is -1.98. The van der Waals surface area contributed by atoms with Gasteiger partial charge in [0, 0.05) is 5.56 Å². The average molecular weight is 235 g/mol. The summed E-state index contributed by atoms with van der Waals surface area (Å²) in [7, 11) is 0. The summed E-state index contributed by atoms with van der Waals surface area (Å²) in [5.74, 6) is 1.31. The van der Waals surface area contributed by atoms with Crippen molar-refractivity contribution in [1.29, 1.82) is 0 Å². The van der Waals surface area contributed by atoms with Crippen molar-refractivity contribution >= 4 is 17.3 Å². The second kappa shape index (κ2) is 4.15. The standard InChI is InChI=1S/C16H13NO/c1-11-7-6-10-14-12(2)18-16(15(11)14)17-13-8-4-3-5-9-13/h3-10H,2H2,1H3. The molecule has 0 N–H and O–H groups in total. The summed E-state index contributed by atoms with van der Waals surface area (Å²) in [6.07, 6.45) is 0. The van der Waals surface area contributed by atoms with E-state index in [1.54, 1.807) is 0 Å². The molecule has 1 heterocycles. The van der Waals surface area contributed by atoms with Gasteiger partial charge in [0.15, 0.2) is 0 Å². The molecule has 18 heavy (non-hydrogen) atoms. The summed E-state index contributed by atoms with van der Waals surface area (Å²) >= 11 is 0. The number of rotatable bonds is 1. The largest absolute Gasteiger partial charge is 0.438 e. The molecule has 2 aromatic carbocycles. The SMILES string of the molecule is C=C1OC(=Nc2ccccc2)c2c(C)cccc21. The molecule has 2 heteroatoms. The van der Waals surface area contributed by atoms with Crippen LogP contribution in [-0.4, -0.2) is 5.90 Å². The first kappa shape index (κ1) is 10.8. The number of aryl methyl sites for hydroxylation is 1. The van der Waals surface area contributed by atoms with Crippen molar-refractivity contribution in [1.82, 2.24) is 0 Å². The van der Waals surface area contributed by atoms with Gasteiger partial charge in [-0.15, -0.1) is 0 Å². The fraction of sp³-hybridized carbons (Fsp3) is 0.0625. The van der Waals surface area contributed by atoms with E-state index in [1.165, 1.54) is 0 Å². The minimum atomic E-state index is 0.638. The molecule has 0 amide bonds. The molecule has 0 fully saturated rings. The van der Waals surface area contributed by atoms with Crippen LogP contribution >= 0.6 is 0 Å². The fourth-order valence-electron chi connectivity index (χ4n) is 2.11. The van der Waals surface area contributed by atoms with E-state index in [-0.39, 0.29) is 0 Å². The molecule has 1 aliphatic rings. The van der Waals surface area contributed by atoms with E-state index in [1.807, 2.05) is 42.5 Å². The Kier molecular flexibility index (Phi) is 2.49. The average Bonchev–Trinajstić information content (AvgIpc) is 2.69. The molecule has 88 valence electrons. The third-order valence-electron chi connectivity index (χ3n) is 2.99. The molecule has 0 aromatic heterocycles. The van der Waals surface area contributed by atoms with Gasteiger partial charge in [0.2, 0.25) is 5.90 Å². The van der Waals surface area contributed by atoms with Crippen LogP contribution in [0.5, 0.6) is 0 Å². The van der Waals surface area contributed by atoms with Crippen LogP contribution in [0.15, 0.2) is 60.1 Å². The van der Waals surface area contributed by atoms with Gasteiger partial charge in [0.25, 0.3) is 0 Å². The number of hydrogen-bond acceptors (Lipinski definition) is 2. The van der Waals surface area contributed by atoms with Crippen LogP contribution in [0.25, 0.3) is 5.76 Å². The van der Waals surface area contributed by atoms with Crippen molar-refractivity contribution in [3.05, 3.63) is 71.8 Å². The Morgan fingerprint density at radius 1 is 1.00 bits per heavy atom. The first-order chi connectivity index (χ1) is 8.75. The van der Waals surface area contributed by atoms with Crippen molar-refractivity contribution in [2.45, 2.75) is 6.92 Å². The maximum absolute atomic E-state index is 5.67. The van der Waals surface area contributed by atoms with Gasteiger partial charge in [0.05, 0.1) is 11.3 Å². The minimum Gasteiger partial charge on any atom is -0.438 e. The van der Waals surface area contributed by atoms with E-state index in [9.17, 15) is 0 Å². The molecule has 2 aromatic rings. The Hall–Kier alpha value is -2.35. The Morgan fingerprint density at radius 3 is 2.56 bits per heavy atom. The maximum atomic E-state index is 5.67. The highest BCUT2D eigenvalue weighted by atomic mass is 16.5. The smallest absolute Gasteiger partial charge is 0.228 e. The quantitative estimate of drug-likeness (QED) is 0.730. The van der Waals surface area contributed by atoms with Crippen molar-refractivity contribution < 1.29 is 4.74 Å². The second-order valence-electron chi connectivity index (χ2n) is 4.28. The molecule has 0 saturated carbocycles. The normalized spacial score (nSPS) is 15.6. The Bertz CT molecular complexity index is 641. The highest BCUT2D eigenvalue weighted by Gasteiger charge is 2.24. The van der Waals surface area contributed by atoms with Gasteiger partial charge in [-0.05, 0) is 24.6 Å². The molecule has 0 saturated heterocycles. The molecule has 0 spiro atoms. The zero-order valence-electron chi connectivity index (χ0n) is 10.2. The Labute approximate surface area is 106 Å². The number of nitrogens with zero attached hydrogens (tertiary/aromatic N) is 1. The Balaban J connectivity index is 2.13. The predicted molar refractivity (Wildman–Crippen MR) is 73.9 cm³/mol. The summed E-state index contributed by atoms with van der Waals surface area (Å²) < 4.78 is 5.67. The van der Waals surface area contributed by atoms with Gasteiger partial charge in [0.1, 0.15) is 5.76 Å². The fourth-order valence-corrected chi connectivity index (χ4v) is 2.11. The molecule has 2 nitrogen and oxygen atoms in total. The second-order valence-corrected chi connectivity index (χ2v) is 4.28. The number of benzene rings is 2. The molecule has 1 aliphatic heterocycles. The zero-order chi connectivity index (χ0) is 12.5. The highest BCUT2D eigenvalue weighted by Crippen LogP contribution is 2.32. The monoisotopic (exact) mass is 235 g/mol. The molecule has 0 radical (unpaired) electrons. The minimum absolute atomic E-state index is 0.638. The number of hydrogen-bond donors (Lipinski definition) is 0. The van der Waals surface area contributed by atoms with Crippen LogP contribution < -0.4 is 0 Å². The molecular formula is C16H13NO. The van der Waals surface area contributed by atoms with E-state index in [0.29, 0.717) is 11.7 Å². The van der Waals surface area contributed by atoms with Crippen LogP contribution in [0.1, 0.15) is 16.7 Å². The summed E-state index contributed by atoms with van der Waals surface area (Å²) in [4.78, 5) is 4.54. The van der Waals surface area contributed by atoms with Crippen LogP contribution in [-0.2, 0) is 4.74 Å². The van der Waals surface area contributed by atoms with Crippen molar-refractivity contribution in [3.8, 4) is 0 Å². The van der Waals surface area contributed by atoms with Gasteiger partial charge in [-0.25, -0.2) is 4.99 Å². The van der Waals surface area contributed by atoms with Gasteiger partial charge in [-0.3, -0.25) is 0 Å². The molecule has 0 aliphatic carbocycles. The van der Waals surface area contributed by atoms with Crippen molar-refractivity contribution in [2.75, 3.05) is 0 Å². The zero-order valence-corrected chi connectivity index (χ0v) is 10.2. The van der Waals surface area contributed by atoms with Crippen LogP contribution in [0.3, 0.4) is 0 Å². The van der Waals surface area contributed by atoms with Crippen LogP contribution in [0, 0.1) is 6.92 Å². The highest BCUT2D eigenvalue weighted by molar-refractivity contribution is 6.07. The number of aliphatic imine (C=N–C) groups is 1.